The summed E-state index contributed by atoms with van der Waals surface area (Å²) in [4.78, 5) is 130. The van der Waals surface area contributed by atoms with Gasteiger partial charge in [0.2, 0.25) is 43.3 Å². The van der Waals surface area contributed by atoms with Crippen molar-refractivity contribution >= 4 is 321 Å². The molecule has 1 aromatic rings. The molecule has 0 saturated heterocycles. The fraction of sp³-hybridized carbons (Fsp3) is 0.397. The highest BCUT2D eigenvalue weighted by Gasteiger charge is 2.42. The molecule has 11 aliphatic rings. The van der Waals surface area contributed by atoms with Gasteiger partial charge in [0, 0.05) is 32.4 Å². The lowest BCUT2D eigenvalue weighted by molar-refractivity contribution is -0.177. The zero-order valence-electron chi connectivity index (χ0n) is 64.9. The van der Waals surface area contributed by atoms with Crippen LogP contribution in [-0.2, 0) is 143 Å². The van der Waals surface area contributed by atoms with E-state index in [1.165, 1.54) is 19.4 Å². The number of anilines is 1. The maximum absolute atomic E-state index is 11.5. The predicted molar refractivity (Wildman–Crippen MR) is 464 cm³/mol. The number of halogens is 21. The van der Waals surface area contributed by atoms with Crippen molar-refractivity contribution in [3.05, 3.63) is 156 Å². The van der Waals surface area contributed by atoms with E-state index in [4.69, 9.17) is 293 Å². The molecule has 0 bridgehead atoms. The number of terminal acetylenes is 1. The molecule has 32 nitrogen and oxygen atoms in total. The van der Waals surface area contributed by atoms with Crippen molar-refractivity contribution in [2.24, 2.45) is 17.8 Å². The highest BCUT2D eigenvalue weighted by Crippen LogP contribution is 2.41. The Morgan fingerprint density at radius 1 is 0.437 bits per heavy atom. The molecular weight excluding hydrogens is 2130 g/mol. The summed E-state index contributed by atoms with van der Waals surface area (Å²) < 4.78 is 90.7. The van der Waals surface area contributed by atoms with Gasteiger partial charge in [-0.2, -0.15) is 0 Å². The van der Waals surface area contributed by atoms with Crippen molar-refractivity contribution in [3.63, 3.8) is 0 Å². The minimum Gasteiger partial charge on any atom is -0.458 e. The number of esters is 11. The van der Waals surface area contributed by atoms with E-state index < -0.39 is 134 Å². The van der Waals surface area contributed by atoms with E-state index in [9.17, 15) is 57.5 Å². The quantitative estimate of drug-likeness (QED) is 0.0336. The van der Waals surface area contributed by atoms with Crippen LogP contribution in [0.4, 0.5) is 10.5 Å². The maximum Gasteiger partial charge on any atom is 0.415 e. The number of rotatable bonds is 19. The minimum atomic E-state index is -1.30. The number of carbonyl (C=O) groups excluding carboxylic acids is 12. The highest BCUT2D eigenvalue weighted by atomic mass is 35.5. The molecule has 0 radical (unpaired) electrons. The molecule has 13 atom stereocenters. The average molecular weight is 2200 g/mol. The second-order valence-electron chi connectivity index (χ2n) is 23.8. The van der Waals surface area contributed by atoms with E-state index in [1.807, 2.05) is 0 Å². The number of hydrogen-bond acceptors (Lipinski definition) is 31. The molecule has 0 aromatic heterocycles. The van der Waals surface area contributed by atoms with Gasteiger partial charge >= 0.3 is 71.8 Å². The monoisotopic (exact) mass is 2180 g/mol. The molecule has 53 heteroatoms. The summed E-state index contributed by atoms with van der Waals surface area (Å²) in [6.07, 6.45) is 1.72. The van der Waals surface area contributed by atoms with Crippen LogP contribution >= 0.6 is 244 Å². The van der Waals surface area contributed by atoms with Crippen LogP contribution in [0.2, 0.25) is 0 Å². The van der Waals surface area contributed by atoms with Crippen molar-refractivity contribution in [3.8, 4) is 12.3 Å². The standard InChI is InChI=1S/C14H20Cl2O3.C11H7Cl2NO4.C7H6Cl2O3.C7H4Cl2O3.C6H4Cl2O4.3C6H6Cl2O3.C6H4Cl2O3.C4HCl3O2/c1-7(2)9-5-4-8(3)10(6-9)18-14-12(16)11(15)13(17)19-14;12-7-8(13)10(17-9(7)15)18-11(16)14-6-4-2-1-3-5-6;2*1-2-3-11-7-5(9)4(8)6(10)12-7;1-2(9)11-6-4(8)3(7)5(10)12-6;4*1-2-10-6-4(8)3(7)5(9)11-6;5-1-2(6)4(8)9-3(1)7/h7-10,14H,4-6H2,1-3H3;1-5,10H,(H,14,16);2,7H,1,3H2;1,7H,3H2;6H,1H3;3*6H,2H2,1H3;2,6H,1H2;3H. The van der Waals surface area contributed by atoms with Gasteiger partial charge in [-0.25, -0.2) is 52.7 Å². The van der Waals surface area contributed by atoms with E-state index in [1.54, 1.807) is 51.1 Å². The number of alkyl halides is 1. The molecule has 1 aromatic carbocycles. The molecule has 0 spiro atoms. The van der Waals surface area contributed by atoms with E-state index >= 15 is 0 Å². The molecule has 13 unspecified atom stereocenters. The SMILES string of the molecule is C#CCOC1OC(=O)C(Cl)=C1Cl.C=CCOC1OC(=O)C(Cl)=C1Cl.C=COC1OC(=O)C(Cl)=C1Cl.CC(=O)OC1OC(=O)C(Cl)=C1Cl.CC(C)C1CCC(C)C(OC2OC(=O)C(Cl)=C2Cl)C1.CCOC1OC(=O)C(Cl)=C1Cl.CCOC1OC(=O)C(Cl)=C1Cl.CCOC1OC(=O)C(Cl)=C1Cl.O=C(Nc1ccccc1)OC1OC(=O)C(Cl)=C1Cl.O=C1OC(Cl)C(Cl)=C1Cl. The summed E-state index contributed by atoms with van der Waals surface area (Å²) in [5.74, 6) is -3.44. The lowest BCUT2D eigenvalue weighted by Crippen LogP contribution is -2.35. The normalized spacial score (nSPS) is 24.9. The van der Waals surface area contributed by atoms with Crippen LogP contribution < -0.4 is 5.32 Å². The van der Waals surface area contributed by atoms with Crippen LogP contribution in [0.3, 0.4) is 0 Å². The minimum absolute atomic E-state index is 0.0122. The van der Waals surface area contributed by atoms with E-state index in [0.29, 0.717) is 43.3 Å². The van der Waals surface area contributed by atoms with Crippen LogP contribution in [-0.4, -0.2) is 173 Å². The second-order valence-corrected chi connectivity index (χ2v) is 32.0. The molecule has 1 aliphatic carbocycles. The van der Waals surface area contributed by atoms with Crippen molar-refractivity contribution in [2.75, 3.05) is 38.4 Å². The number of ether oxygens (including phenoxy) is 19. The summed E-state index contributed by atoms with van der Waals surface area (Å²) in [5.41, 5.74) is -0.357. The van der Waals surface area contributed by atoms with Crippen LogP contribution in [0, 0.1) is 30.1 Å². The van der Waals surface area contributed by atoms with Gasteiger partial charge in [-0.3, -0.25) is 10.1 Å². The third-order valence-electron chi connectivity index (χ3n) is 14.9. The first kappa shape index (κ1) is 115. The molecule has 1 amide bonds. The number of nitrogens with one attached hydrogen (secondary N) is 1. The zero-order valence-corrected chi connectivity index (χ0v) is 80.7. The Balaban J connectivity index is 0.000000364. The molecule has 1 N–H and O–H groups in total. The summed E-state index contributed by atoms with van der Waals surface area (Å²) in [6.45, 7) is 21.3. The Hall–Kier alpha value is -5.25. The maximum atomic E-state index is 11.5. The Morgan fingerprint density at radius 2 is 0.738 bits per heavy atom. The van der Waals surface area contributed by atoms with Gasteiger partial charge in [0.05, 0.1) is 24.0 Å². The highest BCUT2D eigenvalue weighted by molar-refractivity contribution is 6.54. The first-order valence-corrected chi connectivity index (χ1v) is 42.6. The number of para-hydroxylation sites is 1. The smallest absolute Gasteiger partial charge is 0.415 e. The first-order valence-electron chi connectivity index (χ1n) is 34.6. The van der Waals surface area contributed by atoms with Gasteiger partial charge < -0.3 is 90.0 Å². The lowest BCUT2D eigenvalue weighted by atomic mass is 9.76. The molecule has 10 aliphatic heterocycles. The zero-order chi connectivity index (χ0) is 95.6. The molecule has 12 rings (SSSR count). The number of hydrogen-bond donors (Lipinski definition) is 1. The fourth-order valence-electron chi connectivity index (χ4n) is 8.87. The van der Waals surface area contributed by atoms with Crippen molar-refractivity contribution in [1.29, 1.82) is 0 Å². The van der Waals surface area contributed by atoms with Crippen molar-refractivity contribution in [1.82, 2.24) is 0 Å². The van der Waals surface area contributed by atoms with Crippen LogP contribution in [0.15, 0.2) is 156 Å². The second kappa shape index (κ2) is 57.2. The summed E-state index contributed by atoms with van der Waals surface area (Å²) in [7, 11) is 0. The van der Waals surface area contributed by atoms with Gasteiger partial charge in [-0.1, -0.05) is 301 Å². The molecule has 1 fully saturated rings. The van der Waals surface area contributed by atoms with Gasteiger partial charge in [0.1, 0.15) is 102 Å². The lowest BCUT2D eigenvalue weighted by Gasteiger charge is -2.37. The number of benzene rings is 1. The van der Waals surface area contributed by atoms with E-state index in [0.717, 1.165) is 19.1 Å². The third kappa shape index (κ3) is 35.4. The Bertz CT molecular complexity index is 4510. The summed E-state index contributed by atoms with van der Waals surface area (Å²) in [6, 6.07) is 8.64. The Kier molecular flexibility index (Phi) is 52.2. The fourth-order valence-corrected chi connectivity index (χ4v) is 12.2. The molecule has 10 heterocycles. The molecular formula is C73H64Cl21NO31. The van der Waals surface area contributed by atoms with E-state index in [-0.39, 0.29) is 120 Å². The number of cyclic esters (lactones) is 10. The van der Waals surface area contributed by atoms with Gasteiger partial charge in [0.25, 0.3) is 18.9 Å². The summed E-state index contributed by atoms with van der Waals surface area (Å²) in [5, 5.41) is 1.56. The van der Waals surface area contributed by atoms with Crippen molar-refractivity contribution < 1.29 is 148 Å². The first-order chi connectivity index (χ1) is 59.1. The number of carbonyl (C=O) groups is 12. The Labute approximate surface area is 822 Å². The topological polar surface area (TPSA) is 392 Å². The molecule has 694 valence electrons. The van der Waals surface area contributed by atoms with Crippen molar-refractivity contribution in [2.45, 2.75) is 136 Å². The average Bonchev–Trinajstić information content (AvgIpc) is 1.51. The van der Waals surface area contributed by atoms with Gasteiger partial charge in [-0.05, 0) is 69.9 Å². The van der Waals surface area contributed by atoms with Gasteiger partial charge in [-0.15, -0.1) is 13.0 Å². The Morgan fingerprint density at radius 3 is 1.01 bits per heavy atom. The van der Waals surface area contributed by atoms with Crippen LogP contribution in [0.1, 0.15) is 67.7 Å². The molecule has 1 saturated carbocycles. The van der Waals surface area contributed by atoms with E-state index in [2.05, 4.69) is 92.5 Å². The largest absolute Gasteiger partial charge is 0.458 e. The molecule has 126 heavy (non-hydrogen) atoms. The predicted octanol–water partition coefficient (Wildman–Crippen LogP) is 19.2. The summed E-state index contributed by atoms with van der Waals surface area (Å²) >= 11 is 116. The van der Waals surface area contributed by atoms with Crippen LogP contribution in [0.5, 0.6) is 0 Å². The van der Waals surface area contributed by atoms with Crippen LogP contribution in [0.25, 0.3) is 0 Å². The third-order valence-corrected chi connectivity index (χ3v) is 23.5. The number of amides is 1. The van der Waals surface area contributed by atoms with Gasteiger partial charge in [0.15, 0.2) is 0 Å².